The van der Waals surface area contributed by atoms with Crippen molar-refractivity contribution in [2.24, 2.45) is 0 Å². The summed E-state index contributed by atoms with van der Waals surface area (Å²) in [6.07, 6.45) is 1.54. The van der Waals surface area contributed by atoms with Gasteiger partial charge in [-0.15, -0.1) is 5.10 Å². The number of nitrogens with zero attached hydrogens (tertiary/aromatic N) is 3. The molecule has 0 aromatic carbocycles. The van der Waals surface area contributed by atoms with Crippen LogP contribution in [-0.2, 0) is 0 Å². The monoisotopic (exact) mass is 194 g/mol. The van der Waals surface area contributed by atoms with Gasteiger partial charge < -0.3 is 10.2 Å². The van der Waals surface area contributed by atoms with Gasteiger partial charge in [-0.25, -0.2) is 0 Å². The topological polar surface area (TPSA) is 58.1 Å². The summed E-state index contributed by atoms with van der Waals surface area (Å²) in [7, 11) is 3.91. The highest BCUT2D eigenvalue weighted by atomic mass is 16.1. The first-order valence-corrected chi connectivity index (χ1v) is 4.41. The number of amides is 1. The van der Waals surface area contributed by atoms with E-state index in [2.05, 4.69) is 15.5 Å². The predicted octanol–water partition coefficient (Wildman–Crippen LogP) is -0.232. The van der Waals surface area contributed by atoms with Crippen molar-refractivity contribution in [3.8, 4) is 0 Å². The van der Waals surface area contributed by atoms with Gasteiger partial charge in [0.25, 0.3) is 5.91 Å². The van der Waals surface area contributed by atoms with E-state index in [9.17, 15) is 4.79 Å². The van der Waals surface area contributed by atoms with Crippen LogP contribution in [0.2, 0.25) is 0 Å². The Bertz CT molecular complexity index is 286. The van der Waals surface area contributed by atoms with E-state index in [1.165, 1.54) is 6.20 Å². The second-order valence-corrected chi connectivity index (χ2v) is 3.17. The summed E-state index contributed by atoms with van der Waals surface area (Å²) in [5.41, 5.74) is 0.353. The van der Waals surface area contributed by atoms with Crippen molar-refractivity contribution in [3.05, 3.63) is 24.0 Å². The van der Waals surface area contributed by atoms with Gasteiger partial charge in [-0.2, -0.15) is 5.10 Å². The number of rotatable bonds is 4. The molecule has 1 amide bonds. The van der Waals surface area contributed by atoms with Crippen LogP contribution in [0.15, 0.2) is 18.3 Å². The number of likely N-dealkylation sites (N-methyl/N-ethyl adjacent to an activating group) is 1. The van der Waals surface area contributed by atoms with E-state index in [0.717, 1.165) is 6.54 Å². The van der Waals surface area contributed by atoms with Crippen LogP contribution >= 0.6 is 0 Å². The van der Waals surface area contributed by atoms with Gasteiger partial charge in [-0.05, 0) is 26.2 Å². The molecular formula is C9H14N4O. The normalized spacial score (nSPS) is 10.2. The largest absolute Gasteiger partial charge is 0.349 e. The molecule has 5 heteroatoms. The summed E-state index contributed by atoms with van der Waals surface area (Å²) in [6.45, 7) is 1.43. The Morgan fingerprint density at radius 3 is 2.93 bits per heavy atom. The number of carbonyl (C=O) groups is 1. The van der Waals surface area contributed by atoms with Crippen LogP contribution in [0.5, 0.6) is 0 Å². The maximum absolute atomic E-state index is 11.4. The molecule has 0 unspecified atom stereocenters. The van der Waals surface area contributed by atoms with Crippen LogP contribution in [0.1, 0.15) is 10.5 Å². The van der Waals surface area contributed by atoms with Crippen LogP contribution in [0, 0.1) is 0 Å². The van der Waals surface area contributed by atoms with E-state index in [4.69, 9.17) is 0 Å². The van der Waals surface area contributed by atoms with E-state index in [0.29, 0.717) is 12.2 Å². The lowest BCUT2D eigenvalue weighted by Gasteiger charge is -2.09. The summed E-state index contributed by atoms with van der Waals surface area (Å²) >= 11 is 0. The van der Waals surface area contributed by atoms with Gasteiger partial charge in [-0.3, -0.25) is 4.79 Å². The number of nitrogens with one attached hydrogen (secondary N) is 1. The van der Waals surface area contributed by atoms with Crippen LogP contribution in [0.4, 0.5) is 0 Å². The summed E-state index contributed by atoms with van der Waals surface area (Å²) in [5, 5.41) is 10.1. The Labute approximate surface area is 83.1 Å². The van der Waals surface area contributed by atoms with Gasteiger partial charge in [0.15, 0.2) is 5.69 Å². The molecule has 0 radical (unpaired) electrons. The fourth-order valence-corrected chi connectivity index (χ4v) is 0.906. The van der Waals surface area contributed by atoms with Crippen molar-refractivity contribution in [1.29, 1.82) is 0 Å². The molecule has 1 N–H and O–H groups in total. The lowest BCUT2D eigenvalue weighted by molar-refractivity contribution is 0.0945. The number of hydrogen-bond donors (Lipinski definition) is 1. The molecule has 1 aromatic rings. The zero-order valence-electron chi connectivity index (χ0n) is 8.40. The minimum atomic E-state index is -0.181. The standard InChI is InChI=1S/C9H14N4O/c1-13(2)7-6-10-9(14)8-4-3-5-11-12-8/h3-5H,6-7H2,1-2H3,(H,10,14). The van der Waals surface area contributed by atoms with Gasteiger partial charge in [0.05, 0.1) is 0 Å². The predicted molar refractivity (Wildman–Crippen MR) is 52.9 cm³/mol. The highest BCUT2D eigenvalue weighted by Gasteiger charge is 2.05. The first kappa shape index (κ1) is 10.6. The SMILES string of the molecule is CN(C)CCNC(=O)c1cccnn1. The summed E-state index contributed by atoms with van der Waals surface area (Å²) in [5.74, 6) is -0.181. The smallest absolute Gasteiger partial charge is 0.271 e. The molecular weight excluding hydrogens is 180 g/mol. The third-order valence-electron chi connectivity index (χ3n) is 1.65. The van der Waals surface area contributed by atoms with E-state index in [-0.39, 0.29) is 5.91 Å². The average Bonchev–Trinajstić information content (AvgIpc) is 2.18. The van der Waals surface area contributed by atoms with E-state index in [1.54, 1.807) is 12.1 Å². The zero-order valence-corrected chi connectivity index (χ0v) is 8.40. The third-order valence-corrected chi connectivity index (χ3v) is 1.65. The molecule has 5 nitrogen and oxygen atoms in total. The maximum atomic E-state index is 11.4. The Balaban J connectivity index is 2.36. The van der Waals surface area contributed by atoms with E-state index in [1.807, 2.05) is 19.0 Å². The molecule has 0 aliphatic carbocycles. The second kappa shape index (κ2) is 5.29. The van der Waals surface area contributed by atoms with Gasteiger partial charge in [0.2, 0.25) is 0 Å². The van der Waals surface area contributed by atoms with Crippen LogP contribution in [-0.4, -0.2) is 48.2 Å². The first-order valence-electron chi connectivity index (χ1n) is 4.41. The van der Waals surface area contributed by atoms with Gasteiger partial charge in [-0.1, -0.05) is 0 Å². The lowest BCUT2D eigenvalue weighted by atomic mass is 10.3. The molecule has 0 spiro atoms. The molecule has 0 atom stereocenters. The van der Waals surface area contributed by atoms with Crippen LogP contribution in [0.3, 0.4) is 0 Å². The molecule has 76 valence electrons. The minimum absolute atomic E-state index is 0.181. The molecule has 0 aliphatic heterocycles. The Morgan fingerprint density at radius 2 is 2.36 bits per heavy atom. The molecule has 14 heavy (non-hydrogen) atoms. The molecule has 0 bridgehead atoms. The highest BCUT2D eigenvalue weighted by molar-refractivity contribution is 5.91. The van der Waals surface area contributed by atoms with Crippen molar-refractivity contribution in [3.63, 3.8) is 0 Å². The van der Waals surface area contributed by atoms with Crippen molar-refractivity contribution < 1.29 is 4.79 Å². The lowest BCUT2D eigenvalue weighted by Crippen LogP contribution is -2.31. The summed E-state index contributed by atoms with van der Waals surface area (Å²) in [6, 6.07) is 3.33. The molecule has 0 saturated heterocycles. The highest BCUT2D eigenvalue weighted by Crippen LogP contribution is 1.89. The first-order chi connectivity index (χ1) is 6.70. The van der Waals surface area contributed by atoms with Crippen LogP contribution < -0.4 is 5.32 Å². The Morgan fingerprint density at radius 1 is 1.57 bits per heavy atom. The fraction of sp³-hybridized carbons (Fsp3) is 0.444. The molecule has 1 heterocycles. The number of aromatic nitrogens is 2. The van der Waals surface area contributed by atoms with E-state index >= 15 is 0 Å². The molecule has 0 saturated carbocycles. The van der Waals surface area contributed by atoms with Crippen LogP contribution in [0.25, 0.3) is 0 Å². The summed E-state index contributed by atoms with van der Waals surface area (Å²) in [4.78, 5) is 13.4. The van der Waals surface area contributed by atoms with Gasteiger partial charge in [0.1, 0.15) is 0 Å². The Kier molecular flexibility index (Phi) is 4.00. The third kappa shape index (κ3) is 3.49. The van der Waals surface area contributed by atoms with Crippen molar-refractivity contribution >= 4 is 5.91 Å². The molecule has 0 aliphatic rings. The van der Waals surface area contributed by atoms with Crippen molar-refractivity contribution in [2.45, 2.75) is 0 Å². The second-order valence-electron chi connectivity index (χ2n) is 3.17. The van der Waals surface area contributed by atoms with Crippen molar-refractivity contribution in [1.82, 2.24) is 20.4 Å². The maximum Gasteiger partial charge on any atom is 0.271 e. The number of hydrogen-bond acceptors (Lipinski definition) is 4. The number of carbonyl (C=O) groups excluding carboxylic acids is 1. The Hall–Kier alpha value is -1.49. The summed E-state index contributed by atoms with van der Waals surface area (Å²) < 4.78 is 0. The van der Waals surface area contributed by atoms with Gasteiger partial charge >= 0.3 is 0 Å². The van der Waals surface area contributed by atoms with Gasteiger partial charge in [0, 0.05) is 19.3 Å². The average molecular weight is 194 g/mol. The minimum Gasteiger partial charge on any atom is -0.349 e. The fourth-order valence-electron chi connectivity index (χ4n) is 0.906. The molecule has 1 rings (SSSR count). The molecule has 0 fully saturated rings. The quantitative estimate of drug-likeness (QED) is 0.719. The molecule has 1 aromatic heterocycles. The van der Waals surface area contributed by atoms with E-state index < -0.39 is 0 Å². The zero-order chi connectivity index (χ0) is 10.4. The van der Waals surface area contributed by atoms with Crippen molar-refractivity contribution in [2.75, 3.05) is 27.2 Å².